The van der Waals surface area contributed by atoms with E-state index in [9.17, 15) is 9.90 Å². The number of hydrogen-bond donors (Lipinski definition) is 1. The van der Waals surface area contributed by atoms with E-state index in [0.29, 0.717) is 11.4 Å². The number of amides is 1. The van der Waals surface area contributed by atoms with Crippen molar-refractivity contribution in [3.05, 3.63) is 23.8 Å². The Balaban J connectivity index is 2.31. The highest BCUT2D eigenvalue weighted by atomic mass is 16.5. The number of methoxy groups -OCH3 is 1. The van der Waals surface area contributed by atoms with Crippen molar-refractivity contribution in [1.29, 1.82) is 0 Å². The van der Waals surface area contributed by atoms with Crippen LogP contribution in [-0.2, 0) is 9.53 Å². The molecule has 0 spiro atoms. The third kappa shape index (κ3) is 2.31. The van der Waals surface area contributed by atoms with Gasteiger partial charge in [-0.25, -0.2) is 0 Å². The zero-order chi connectivity index (χ0) is 14.0. The molecule has 1 aliphatic rings. The maximum Gasteiger partial charge on any atom is 0.240 e. The number of carbonyl (C=O) groups excluding carboxylic acids is 1. The molecule has 1 heterocycles. The van der Waals surface area contributed by atoms with Crippen LogP contribution in [-0.4, -0.2) is 45.0 Å². The summed E-state index contributed by atoms with van der Waals surface area (Å²) in [6.45, 7) is 2.28. The normalized spacial score (nSPS) is 16.6. The third-order valence-electron chi connectivity index (χ3n) is 3.51. The summed E-state index contributed by atoms with van der Waals surface area (Å²) in [5.41, 5.74) is 0.939. The topological polar surface area (TPSA) is 59.0 Å². The van der Waals surface area contributed by atoms with Crippen molar-refractivity contribution in [2.75, 3.05) is 38.9 Å². The Morgan fingerprint density at radius 1 is 1.53 bits per heavy atom. The minimum Gasteiger partial charge on any atom is -0.495 e. The van der Waals surface area contributed by atoms with Gasteiger partial charge in [0.25, 0.3) is 0 Å². The molecular formula is C14H19NO4. The van der Waals surface area contributed by atoms with Gasteiger partial charge in [-0.2, -0.15) is 0 Å². The van der Waals surface area contributed by atoms with Crippen LogP contribution in [0.3, 0.4) is 0 Å². The molecule has 0 aromatic heterocycles. The number of rotatable bonds is 4. The predicted octanol–water partition coefficient (Wildman–Crippen LogP) is 0.975. The van der Waals surface area contributed by atoms with Gasteiger partial charge >= 0.3 is 0 Å². The molecule has 5 heteroatoms. The van der Waals surface area contributed by atoms with Gasteiger partial charge in [-0.3, -0.25) is 4.79 Å². The quantitative estimate of drug-likeness (QED) is 0.881. The first-order chi connectivity index (χ1) is 9.04. The molecule has 1 aromatic rings. The summed E-state index contributed by atoms with van der Waals surface area (Å²) >= 11 is 0. The van der Waals surface area contributed by atoms with Crippen LogP contribution in [0.1, 0.15) is 5.56 Å². The maximum absolute atomic E-state index is 12.5. The van der Waals surface area contributed by atoms with Crippen LogP contribution in [0.4, 0.5) is 5.69 Å². The second-order valence-electron chi connectivity index (χ2n) is 4.97. The van der Waals surface area contributed by atoms with Gasteiger partial charge in [0.15, 0.2) is 0 Å². The fourth-order valence-corrected chi connectivity index (χ4v) is 2.16. The largest absolute Gasteiger partial charge is 0.495 e. The van der Waals surface area contributed by atoms with Crippen LogP contribution in [0.5, 0.6) is 5.75 Å². The first-order valence-electron chi connectivity index (χ1n) is 6.15. The van der Waals surface area contributed by atoms with E-state index < -0.39 is 5.41 Å². The maximum atomic E-state index is 12.5. The smallest absolute Gasteiger partial charge is 0.240 e. The van der Waals surface area contributed by atoms with Crippen LogP contribution < -0.4 is 9.64 Å². The highest BCUT2D eigenvalue weighted by Gasteiger charge is 2.47. The van der Waals surface area contributed by atoms with Crippen molar-refractivity contribution in [1.82, 2.24) is 0 Å². The molecular weight excluding hydrogens is 246 g/mol. The van der Waals surface area contributed by atoms with Gasteiger partial charge in [-0.05, 0) is 24.6 Å². The lowest BCUT2D eigenvalue weighted by molar-refractivity contribution is -0.166. The Hall–Kier alpha value is -1.59. The molecule has 0 bridgehead atoms. The second-order valence-corrected chi connectivity index (χ2v) is 4.97. The van der Waals surface area contributed by atoms with E-state index in [0.717, 1.165) is 5.56 Å². The molecule has 0 unspecified atom stereocenters. The molecule has 19 heavy (non-hydrogen) atoms. The number of nitrogens with zero attached hydrogens (tertiary/aromatic N) is 1. The molecule has 0 atom stereocenters. The summed E-state index contributed by atoms with van der Waals surface area (Å²) in [7, 11) is 3.26. The summed E-state index contributed by atoms with van der Waals surface area (Å²) in [5.74, 6) is 0.486. The minimum absolute atomic E-state index is 0.148. The van der Waals surface area contributed by atoms with Gasteiger partial charge in [0.05, 0.1) is 32.6 Å². The molecule has 1 N–H and O–H groups in total. The Morgan fingerprint density at radius 3 is 2.68 bits per heavy atom. The molecule has 1 aliphatic heterocycles. The van der Waals surface area contributed by atoms with Crippen molar-refractivity contribution in [2.24, 2.45) is 5.41 Å². The number of benzene rings is 1. The lowest BCUT2D eigenvalue weighted by Gasteiger charge is -2.40. The van der Waals surface area contributed by atoms with Gasteiger partial charge < -0.3 is 19.5 Å². The molecule has 1 aromatic carbocycles. The molecule has 1 saturated heterocycles. The molecule has 1 amide bonds. The van der Waals surface area contributed by atoms with E-state index in [2.05, 4.69) is 0 Å². The zero-order valence-corrected chi connectivity index (χ0v) is 11.5. The van der Waals surface area contributed by atoms with Crippen LogP contribution in [0.25, 0.3) is 0 Å². The molecule has 104 valence electrons. The summed E-state index contributed by atoms with van der Waals surface area (Å²) in [5, 5.41) is 9.43. The number of aryl methyl sites for hydroxylation is 1. The number of carbonyl (C=O) groups is 1. The third-order valence-corrected chi connectivity index (χ3v) is 3.51. The Labute approximate surface area is 112 Å². The van der Waals surface area contributed by atoms with E-state index >= 15 is 0 Å². The number of anilines is 1. The van der Waals surface area contributed by atoms with Crippen LogP contribution in [0, 0.1) is 12.3 Å². The Morgan fingerprint density at radius 2 is 2.21 bits per heavy atom. The van der Waals surface area contributed by atoms with E-state index in [1.165, 1.54) is 4.90 Å². The van der Waals surface area contributed by atoms with Crippen LogP contribution in [0.2, 0.25) is 0 Å². The number of ether oxygens (including phenoxy) is 2. The molecule has 0 radical (unpaired) electrons. The summed E-state index contributed by atoms with van der Waals surface area (Å²) in [4.78, 5) is 14.0. The van der Waals surface area contributed by atoms with Crippen molar-refractivity contribution < 1.29 is 19.4 Å². The fourth-order valence-electron chi connectivity index (χ4n) is 2.16. The average Bonchev–Trinajstić information content (AvgIpc) is 2.37. The van der Waals surface area contributed by atoms with Gasteiger partial charge in [-0.1, -0.05) is 6.07 Å². The number of hydrogen-bond acceptors (Lipinski definition) is 4. The zero-order valence-electron chi connectivity index (χ0n) is 11.5. The SMILES string of the molecule is COc1ccc(C)cc1N(C)C(=O)C1(CO)COC1. The van der Waals surface area contributed by atoms with Crippen molar-refractivity contribution in [3.8, 4) is 5.75 Å². The molecule has 5 nitrogen and oxygen atoms in total. The first kappa shape index (κ1) is 13.8. The standard InChI is InChI=1S/C14H19NO4/c1-10-4-5-12(18-3)11(6-10)15(2)13(17)14(7-16)8-19-9-14/h4-6,16H,7-9H2,1-3H3. The van der Waals surface area contributed by atoms with E-state index in [4.69, 9.17) is 9.47 Å². The van der Waals surface area contributed by atoms with Crippen molar-refractivity contribution >= 4 is 11.6 Å². The van der Waals surface area contributed by atoms with Crippen molar-refractivity contribution in [2.45, 2.75) is 6.92 Å². The van der Waals surface area contributed by atoms with E-state index in [1.807, 2.05) is 25.1 Å². The highest BCUT2D eigenvalue weighted by Crippen LogP contribution is 2.34. The van der Waals surface area contributed by atoms with Crippen LogP contribution in [0.15, 0.2) is 18.2 Å². The second kappa shape index (κ2) is 5.19. The van der Waals surface area contributed by atoms with Gasteiger partial charge in [0.1, 0.15) is 11.2 Å². The van der Waals surface area contributed by atoms with Crippen LogP contribution >= 0.6 is 0 Å². The predicted molar refractivity (Wildman–Crippen MR) is 71.5 cm³/mol. The fraction of sp³-hybridized carbons (Fsp3) is 0.500. The number of aliphatic hydroxyl groups is 1. The van der Waals surface area contributed by atoms with E-state index in [1.54, 1.807) is 14.2 Å². The van der Waals surface area contributed by atoms with E-state index in [-0.39, 0.29) is 25.7 Å². The molecule has 0 saturated carbocycles. The van der Waals surface area contributed by atoms with Crippen molar-refractivity contribution in [3.63, 3.8) is 0 Å². The van der Waals surface area contributed by atoms with Gasteiger partial charge in [-0.15, -0.1) is 0 Å². The Kier molecular flexibility index (Phi) is 3.78. The molecule has 1 fully saturated rings. The molecule has 2 rings (SSSR count). The number of aliphatic hydroxyl groups excluding tert-OH is 1. The summed E-state index contributed by atoms with van der Waals surface area (Å²) in [6.07, 6.45) is 0. The highest BCUT2D eigenvalue weighted by molar-refractivity contribution is 5.99. The summed E-state index contributed by atoms with van der Waals surface area (Å²) < 4.78 is 10.4. The monoisotopic (exact) mass is 265 g/mol. The van der Waals surface area contributed by atoms with Gasteiger partial charge in [0.2, 0.25) is 5.91 Å². The lowest BCUT2D eigenvalue weighted by Crippen LogP contribution is -2.56. The Bertz CT molecular complexity index is 477. The first-order valence-corrected chi connectivity index (χ1v) is 6.15. The minimum atomic E-state index is -0.802. The molecule has 0 aliphatic carbocycles. The average molecular weight is 265 g/mol. The van der Waals surface area contributed by atoms with Gasteiger partial charge in [0, 0.05) is 7.05 Å². The summed E-state index contributed by atoms with van der Waals surface area (Å²) in [6, 6.07) is 5.65. The lowest BCUT2D eigenvalue weighted by atomic mass is 9.85.